The highest BCUT2D eigenvalue weighted by molar-refractivity contribution is 6.07. The van der Waals surface area contributed by atoms with Gasteiger partial charge in [0.1, 0.15) is 0 Å². The number of fused-ring (bicyclic) bond motifs is 1. The molecule has 0 bridgehead atoms. The standard InChI is InChI=1S/C28H30N6O3/c1-3-34-27-24(18-29-34)23(17-25(31-27)20-7-5-4-6-8-20)28(36)32(2)19-26(35)30-21-9-11-22(12-10-21)33-13-15-37-16-14-33/h4-12,17-18H,3,13-16,19H2,1-2H3,(H,30,35). The van der Waals surface area contributed by atoms with Crippen LogP contribution in [0.2, 0.25) is 0 Å². The Labute approximate surface area is 215 Å². The highest BCUT2D eigenvalue weighted by Gasteiger charge is 2.21. The third-order valence-corrected chi connectivity index (χ3v) is 6.46. The fraction of sp³-hybridized carbons (Fsp3) is 0.286. The van der Waals surface area contributed by atoms with Crippen LogP contribution in [0.4, 0.5) is 11.4 Å². The summed E-state index contributed by atoms with van der Waals surface area (Å²) in [6, 6.07) is 19.2. The predicted molar refractivity (Wildman–Crippen MR) is 144 cm³/mol. The van der Waals surface area contributed by atoms with Crippen molar-refractivity contribution in [1.82, 2.24) is 19.7 Å². The van der Waals surface area contributed by atoms with Gasteiger partial charge in [-0.05, 0) is 37.3 Å². The number of nitrogens with one attached hydrogen (secondary N) is 1. The Morgan fingerprint density at radius 1 is 1.05 bits per heavy atom. The number of ether oxygens (including phenoxy) is 1. The summed E-state index contributed by atoms with van der Waals surface area (Å²) in [5.41, 5.74) is 4.48. The average molecular weight is 499 g/mol. The second-order valence-corrected chi connectivity index (χ2v) is 8.97. The van der Waals surface area contributed by atoms with Crippen LogP contribution in [0.15, 0.2) is 66.9 Å². The molecule has 0 atom stereocenters. The minimum Gasteiger partial charge on any atom is -0.378 e. The molecular weight excluding hydrogens is 468 g/mol. The number of aromatic nitrogens is 3. The van der Waals surface area contributed by atoms with Crippen LogP contribution in [0.1, 0.15) is 17.3 Å². The molecule has 0 radical (unpaired) electrons. The molecule has 9 nitrogen and oxygen atoms in total. The Morgan fingerprint density at radius 3 is 2.49 bits per heavy atom. The molecule has 2 amide bonds. The molecule has 3 heterocycles. The van der Waals surface area contributed by atoms with Crippen molar-refractivity contribution in [1.29, 1.82) is 0 Å². The lowest BCUT2D eigenvalue weighted by atomic mass is 10.1. The number of benzene rings is 2. The predicted octanol–water partition coefficient (Wildman–Crippen LogP) is 3.67. The Balaban J connectivity index is 1.31. The Kier molecular flexibility index (Phi) is 7.14. The van der Waals surface area contributed by atoms with Gasteiger partial charge in [0.05, 0.1) is 42.6 Å². The SMILES string of the molecule is CCn1ncc2c(C(=O)N(C)CC(=O)Nc3ccc(N4CCOCC4)cc3)cc(-c3ccccc3)nc21. The summed E-state index contributed by atoms with van der Waals surface area (Å²) < 4.78 is 7.18. The fourth-order valence-corrected chi connectivity index (χ4v) is 4.48. The zero-order valence-corrected chi connectivity index (χ0v) is 21.1. The number of aryl methyl sites for hydroxylation is 1. The van der Waals surface area contributed by atoms with E-state index >= 15 is 0 Å². The van der Waals surface area contributed by atoms with E-state index in [0.29, 0.717) is 47.7 Å². The van der Waals surface area contributed by atoms with Gasteiger partial charge in [-0.15, -0.1) is 0 Å². The molecule has 1 fully saturated rings. The van der Waals surface area contributed by atoms with Crippen LogP contribution < -0.4 is 10.2 Å². The minimum atomic E-state index is -0.271. The van der Waals surface area contributed by atoms with Crippen LogP contribution in [0.25, 0.3) is 22.3 Å². The van der Waals surface area contributed by atoms with Gasteiger partial charge in [-0.25, -0.2) is 9.67 Å². The van der Waals surface area contributed by atoms with E-state index in [2.05, 4.69) is 15.3 Å². The summed E-state index contributed by atoms with van der Waals surface area (Å²) in [7, 11) is 1.63. The third-order valence-electron chi connectivity index (χ3n) is 6.46. The topological polar surface area (TPSA) is 92.6 Å². The van der Waals surface area contributed by atoms with Gasteiger partial charge in [0.15, 0.2) is 5.65 Å². The van der Waals surface area contributed by atoms with E-state index in [4.69, 9.17) is 9.72 Å². The maximum Gasteiger partial charge on any atom is 0.254 e. The number of carbonyl (C=O) groups is 2. The summed E-state index contributed by atoms with van der Waals surface area (Å²) >= 11 is 0. The Morgan fingerprint density at radius 2 is 1.78 bits per heavy atom. The summed E-state index contributed by atoms with van der Waals surface area (Å²) in [5.74, 6) is -0.536. The summed E-state index contributed by atoms with van der Waals surface area (Å²) in [6.07, 6.45) is 1.66. The fourth-order valence-electron chi connectivity index (χ4n) is 4.48. The zero-order valence-electron chi connectivity index (χ0n) is 21.1. The van der Waals surface area contributed by atoms with Gasteiger partial charge in [0.25, 0.3) is 5.91 Å². The molecular formula is C28H30N6O3. The molecule has 4 aromatic rings. The lowest BCUT2D eigenvalue weighted by molar-refractivity contribution is -0.116. The van der Waals surface area contributed by atoms with Crippen molar-refractivity contribution in [3.05, 3.63) is 72.4 Å². The van der Waals surface area contributed by atoms with Crippen molar-refractivity contribution in [3.63, 3.8) is 0 Å². The quantitative estimate of drug-likeness (QED) is 0.418. The number of hydrogen-bond donors (Lipinski definition) is 1. The first-order valence-electron chi connectivity index (χ1n) is 12.4. The Bertz CT molecular complexity index is 1390. The number of morpholine rings is 1. The third kappa shape index (κ3) is 5.31. The molecule has 1 aliphatic heterocycles. The van der Waals surface area contributed by atoms with E-state index in [9.17, 15) is 9.59 Å². The van der Waals surface area contributed by atoms with Gasteiger partial charge in [-0.3, -0.25) is 9.59 Å². The highest BCUT2D eigenvalue weighted by atomic mass is 16.5. The number of amides is 2. The van der Waals surface area contributed by atoms with Crippen molar-refractivity contribution in [2.24, 2.45) is 0 Å². The van der Waals surface area contributed by atoms with Crippen LogP contribution in [0.5, 0.6) is 0 Å². The maximum atomic E-state index is 13.5. The number of pyridine rings is 1. The molecule has 2 aromatic carbocycles. The van der Waals surface area contributed by atoms with Crippen LogP contribution in [0, 0.1) is 0 Å². The summed E-state index contributed by atoms with van der Waals surface area (Å²) in [5, 5.41) is 7.96. The van der Waals surface area contributed by atoms with E-state index in [-0.39, 0.29) is 18.4 Å². The zero-order chi connectivity index (χ0) is 25.8. The van der Waals surface area contributed by atoms with Crippen molar-refractivity contribution >= 4 is 34.2 Å². The number of rotatable bonds is 7. The first kappa shape index (κ1) is 24.5. The molecule has 2 aromatic heterocycles. The molecule has 0 unspecified atom stereocenters. The molecule has 1 saturated heterocycles. The molecule has 9 heteroatoms. The molecule has 0 aliphatic carbocycles. The van der Waals surface area contributed by atoms with Crippen molar-refractivity contribution in [3.8, 4) is 11.3 Å². The lowest BCUT2D eigenvalue weighted by Gasteiger charge is -2.28. The molecule has 37 heavy (non-hydrogen) atoms. The molecule has 1 aliphatic rings. The van der Waals surface area contributed by atoms with Gasteiger partial charge in [-0.1, -0.05) is 30.3 Å². The van der Waals surface area contributed by atoms with Gasteiger partial charge >= 0.3 is 0 Å². The number of carbonyl (C=O) groups excluding carboxylic acids is 2. The molecule has 190 valence electrons. The lowest BCUT2D eigenvalue weighted by Crippen LogP contribution is -2.36. The van der Waals surface area contributed by atoms with E-state index in [1.165, 1.54) is 4.90 Å². The minimum absolute atomic E-state index is 0.0869. The van der Waals surface area contributed by atoms with Crippen LogP contribution in [-0.4, -0.2) is 71.4 Å². The van der Waals surface area contributed by atoms with Gasteiger partial charge in [0.2, 0.25) is 5.91 Å². The van der Waals surface area contributed by atoms with Gasteiger partial charge in [-0.2, -0.15) is 5.10 Å². The number of likely N-dealkylation sites (N-methyl/N-ethyl adjacent to an activating group) is 1. The van der Waals surface area contributed by atoms with E-state index < -0.39 is 0 Å². The summed E-state index contributed by atoms with van der Waals surface area (Å²) in [4.78, 5) is 34.7. The van der Waals surface area contributed by atoms with E-state index in [1.807, 2.05) is 61.5 Å². The summed E-state index contributed by atoms with van der Waals surface area (Å²) in [6.45, 7) is 5.66. The van der Waals surface area contributed by atoms with Crippen molar-refractivity contribution < 1.29 is 14.3 Å². The van der Waals surface area contributed by atoms with Crippen LogP contribution in [0.3, 0.4) is 0 Å². The maximum absolute atomic E-state index is 13.5. The van der Waals surface area contributed by atoms with Crippen molar-refractivity contribution in [2.75, 3.05) is 50.1 Å². The van der Waals surface area contributed by atoms with Gasteiger partial charge < -0.3 is 19.9 Å². The first-order valence-corrected chi connectivity index (χ1v) is 12.4. The van der Waals surface area contributed by atoms with E-state index in [1.54, 1.807) is 24.0 Å². The second kappa shape index (κ2) is 10.8. The molecule has 1 N–H and O–H groups in total. The number of anilines is 2. The van der Waals surface area contributed by atoms with E-state index in [0.717, 1.165) is 24.3 Å². The number of nitrogens with zero attached hydrogens (tertiary/aromatic N) is 5. The van der Waals surface area contributed by atoms with Crippen LogP contribution in [-0.2, 0) is 16.1 Å². The van der Waals surface area contributed by atoms with Crippen LogP contribution >= 0.6 is 0 Å². The Hall–Kier alpha value is -4.24. The first-order chi connectivity index (χ1) is 18.0. The van der Waals surface area contributed by atoms with Crippen molar-refractivity contribution in [2.45, 2.75) is 13.5 Å². The molecule has 5 rings (SSSR count). The second-order valence-electron chi connectivity index (χ2n) is 8.97. The monoisotopic (exact) mass is 498 g/mol. The highest BCUT2D eigenvalue weighted by Crippen LogP contribution is 2.26. The largest absolute Gasteiger partial charge is 0.378 e. The molecule has 0 saturated carbocycles. The van der Waals surface area contributed by atoms with Gasteiger partial charge in [0, 0.05) is 43.6 Å². The smallest absolute Gasteiger partial charge is 0.254 e. The molecule has 0 spiro atoms. The normalized spacial score (nSPS) is 13.5. The average Bonchev–Trinajstić information content (AvgIpc) is 3.36. The number of hydrogen-bond acceptors (Lipinski definition) is 6.